The van der Waals surface area contributed by atoms with E-state index in [1.54, 1.807) is 6.07 Å². The number of furan rings is 1. The van der Waals surface area contributed by atoms with Crippen LogP contribution in [0.1, 0.15) is 48.9 Å². The Labute approximate surface area is 119 Å². The Hall–Kier alpha value is -1.78. The Morgan fingerprint density at radius 2 is 2.00 bits per heavy atom. The van der Waals surface area contributed by atoms with Crippen LogP contribution >= 0.6 is 0 Å². The van der Waals surface area contributed by atoms with Gasteiger partial charge in [-0.1, -0.05) is 32.1 Å². The fraction of sp³-hybridized carbons (Fsp3) is 0.600. The Balaban J connectivity index is 1.57. The van der Waals surface area contributed by atoms with E-state index >= 15 is 0 Å². The predicted octanol–water partition coefficient (Wildman–Crippen LogP) is 2.10. The number of nitrogens with one attached hydrogen (secondary N) is 2. The summed E-state index contributed by atoms with van der Waals surface area (Å²) in [5.41, 5.74) is 0.431. The lowest BCUT2D eigenvalue weighted by atomic mass is 9.87. The molecule has 1 heterocycles. The Kier molecular flexibility index (Phi) is 5.65. The molecule has 0 saturated heterocycles. The third kappa shape index (κ3) is 4.72. The summed E-state index contributed by atoms with van der Waals surface area (Å²) in [6.07, 6.45) is 10.4. The maximum atomic E-state index is 11.6. The fourth-order valence-corrected chi connectivity index (χ4v) is 2.61. The number of carbonyl (C=O) groups is 2. The summed E-state index contributed by atoms with van der Waals surface area (Å²) >= 11 is 0. The standard InChI is InChI=1S/C15H22N2O3/c18-14(10-17-15(19)13-7-9-20-11-13)16-8-6-12-4-2-1-3-5-12/h7,9,11-12H,1-6,8,10H2,(H,16,18)(H,17,19). The van der Waals surface area contributed by atoms with Crippen LogP contribution in [0.5, 0.6) is 0 Å². The minimum absolute atomic E-state index is 0.00861. The summed E-state index contributed by atoms with van der Waals surface area (Å²) in [4.78, 5) is 23.2. The molecule has 110 valence electrons. The minimum Gasteiger partial charge on any atom is -0.472 e. The van der Waals surface area contributed by atoms with Crippen molar-refractivity contribution >= 4 is 11.8 Å². The summed E-state index contributed by atoms with van der Waals surface area (Å²) in [7, 11) is 0. The largest absolute Gasteiger partial charge is 0.472 e. The van der Waals surface area contributed by atoms with Crippen molar-refractivity contribution in [1.82, 2.24) is 10.6 Å². The summed E-state index contributed by atoms with van der Waals surface area (Å²) in [6.45, 7) is 0.708. The second-order valence-electron chi connectivity index (χ2n) is 5.34. The molecule has 20 heavy (non-hydrogen) atoms. The highest BCUT2D eigenvalue weighted by atomic mass is 16.3. The van der Waals surface area contributed by atoms with Gasteiger partial charge in [0.05, 0.1) is 18.4 Å². The van der Waals surface area contributed by atoms with Gasteiger partial charge in [0.15, 0.2) is 0 Å². The number of hydrogen-bond acceptors (Lipinski definition) is 3. The highest BCUT2D eigenvalue weighted by Crippen LogP contribution is 2.25. The van der Waals surface area contributed by atoms with E-state index in [0.29, 0.717) is 12.1 Å². The van der Waals surface area contributed by atoms with Crippen LogP contribution in [0.2, 0.25) is 0 Å². The molecule has 0 unspecified atom stereocenters. The Morgan fingerprint density at radius 3 is 2.70 bits per heavy atom. The highest BCUT2D eigenvalue weighted by Gasteiger charge is 2.13. The van der Waals surface area contributed by atoms with E-state index < -0.39 is 0 Å². The van der Waals surface area contributed by atoms with E-state index in [4.69, 9.17) is 4.42 Å². The van der Waals surface area contributed by atoms with Gasteiger partial charge < -0.3 is 15.1 Å². The van der Waals surface area contributed by atoms with Crippen molar-refractivity contribution in [3.05, 3.63) is 24.2 Å². The normalized spacial score (nSPS) is 15.8. The summed E-state index contributed by atoms with van der Waals surface area (Å²) in [5.74, 6) is 0.323. The van der Waals surface area contributed by atoms with Crippen molar-refractivity contribution in [3.8, 4) is 0 Å². The van der Waals surface area contributed by atoms with Crippen LogP contribution in [0.3, 0.4) is 0 Å². The molecule has 0 spiro atoms. The van der Waals surface area contributed by atoms with Gasteiger partial charge in [0.1, 0.15) is 6.26 Å². The van der Waals surface area contributed by atoms with E-state index in [1.165, 1.54) is 44.6 Å². The molecule has 1 aromatic heterocycles. The first kappa shape index (κ1) is 14.6. The Bertz CT molecular complexity index is 422. The molecule has 0 bridgehead atoms. The predicted molar refractivity (Wildman–Crippen MR) is 75.2 cm³/mol. The maximum absolute atomic E-state index is 11.6. The third-order valence-electron chi connectivity index (χ3n) is 3.79. The van der Waals surface area contributed by atoms with Gasteiger partial charge in [-0.05, 0) is 18.4 Å². The Morgan fingerprint density at radius 1 is 1.20 bits per heavy atom. The lowest BCUT2D eigenvalue weighted by Crippen LogP contribution is -2.37. The van der Waals surface area contributed by atoms with Crippen LogP contribution in [-0.2, 0) is 4.79 Å². The molecule has 2 rings (SSSR count). The SMILES string of the molecule is O=C(CNC(=O)c1ccoc1)NCCC1CCCCC1. The zero-order valence-corrected chi connectivity index (χ0v) is 11.7. The summed E-state index contributed by atoms with van der Waals surface area (Å²) in [5, 5.41) is 5.42. The van der Waals surface area contributed by atoms with Crippen molar-refractivity contribution in [2.45, 2.75) is 38.5 Å². The number of amides is 2. The lowest BCUT2D eigenvalue weighted by molar-refractivity contribution is -0.120. The highest BCUT2D eigenvalue weighted by molar-refractivity contribution is 5.96. The van der Waals surface area contributed by atoms with Gasteiger partial charge in [0, 0.05) is 6.54 Å². The first-order valence-electron chi connectivity index (χ1n) is 7.33. The van der Waals surface area contributed by atoms with Crippen LogP contribution in [0, 0.1) is 5.92 Å². The van der Waals surface area contributed by atoms with Crippen molar-refractivity contribution in [2.75, 3.05) is 13.1 Å². The number of hydrogen-bond donors (Lipinski definition) is 2. The fourth-order valence-electron chi connectivity index (χ4n) is 2.61. The maximum Gasteiger partial charge on any atom is 0.254 e. The number of rotatable bonds is 6. The molecule has 1 aromatic rings. The second kappa shape index (κ2) is 7.72. The molecule has 0 aromatic carbocycles. The second-order valence-corrected chi connectivity index (χ2v) is 5.34. The van der Waals surface area contributed by atoms with Crippen LogP contribution in [-0.4, -0.2) is 24.9 Å². The molecule has 0 atom stereocenters. The third-order valence-corrected chi connectivity index (χ3v) is 3.79. The molecular formula is C15H22N2O3. The molecule has 0 aliphatic heterocycles. The molecule has 5 heteroatoms. The monoisotopic (exact) mass is 278 g/mol. The van der Waals surface area contributed by atoms with Gasteiger partial charge in [-0.3, -0.25) is 9.59 Å². The topological polar surface area (TPSA) is 71.3 Å². The molecule has 1 fully saturated rings. The van der Waals surface area contributed by atoms with Crippen molar-refractivity contribution in [3.63, 3.8) is 0 Å². The molecular weight excluding hydrogens is 256 g/mol. The molecule has 0 radical (unpaired) electrons. The molecule has 1 saturated carbocycles. The zero-order chi connectivity index (χ0) is 14.2. The molecule has 2 N–H and O–H groups in total. The zero-order valence-electron chi connectivity index (χ0n) is 11.7. The van der Waals surface area contributed by atoms with Gasteiger partial charge in [-0.15, -0.1) is 0 Å². The molecule has 5 nitrogen and oxygen atoms in total. The van der Waals surface area contributed by atoms with Crippen LogP contribution in [0.4, 0.5) is 0 Å². The van der Waals surface area contributed by atoms with E-state index in [9.17, 15) is 9.59 Å². The molecule has 2 amide bonds. The first-order valence-corrected chi connectivity index (χ1v) is 7.33. The van der Waals surface area contributed by atoms with Gasteiger partial charge >= 0.3 is 0 Å². The summed E-state index contributed by atoms with van der Waals surface area (Å²) in [6, 6.07) is 1.57. The van der Waals surface area contributed by atoms with Crippen molar-refractivity contribution < 1.29 is 14.0 Å². The first-order chi connectivity index (χ1) is 9.75. The molecule has 1 aliphatic rings. The van der Waals surface area contributed by atoms with E-state index in [2.05, 4.69) is 10.6 Å². The van der Waals surface area contributed by atoms with Crippen LogP contribution in [0.25, 0.3) is 0 Å². The van der Waals surface area contributed by atoms with E-state index in [0.717, 1.165) is 12.3 Å². The average molecular weight is 278 g/mol. The quantitative estimate of drug-likeness (QED) is 0.837. The lowest BCUT2D eigenvalue weighted by Gasteiger charge is -2.21. The minimum atomic E-state index is -0.291. The van der Waals surface area contributed by atoms with E-state index in [-0.39, 0.29) is 18.4 Å². The van der Waals surface area contributed by atoms with Gasteiger partial charge in [0.25, 0.3) is 5.91 Å². The van der Waals surface area contributed by atoms with Crippen molar-refractivity contribution in [1.29, 1.82) is 0 Å². The van der Waals surface area contributed by atoms with E-state index in [1.807, 2.05) is 0 Å². The van der Waals surface area contributed by atoms with Gasteiger partial charge in [0.2, 0.25) is 5.91 Å². The average Bonchev–Trinajstić information content (AvgIpc) is 3.00. The van der Waals surface area contributed by atoms with Crippen LogP contribution < -0.4 is 10.6 Å². The van der Waals surface area contributed by atoms with Crippen molar-refractivity contribution in [2.24, 2.45) is 5.92 Å². The van der Waals surface area contributed by atoms with Gasteiger partial charge in [-0.25, -0.2) is 0 Å². The number of carbonyl (C=O) groups excluding carboxylic acids is 2. The molecule has 1 aliphatic carbocycles. The van der Waals surface area contributed by atoms with Crippen LogP contribution in [0.15, 0.2) is 23.0 Å². The smallest absolute Gasteiger partial charge is 0.254 e. The van der Waals surface area contributed by atoms with Gasteiger partial charge in [-0.2, -0.15) is 0 Å². The summed E-state index contributed by atoms with van der Waals surface area (Å²) < 4.78 is 4.81.